The Bertz CT molecular complexity index is 389. The van der Waals surface area contributed by atoms with E-state index >= 15 is 0 Å². The van der Waals surface area contributed by atoms with Crippen LogP contribution in [0.2, 0.25) is 0 Å². The van der Waals surface area contributed by atoms with Gasteiger partial charge in [-0.25, -0.2) is 0 Å². The Balaban J connectivity index is 1.77. The molecule has 2 rings (SSSR count). The molecule has 1 aliphatic carbocycles. The van der Waals surface area contributed by atoms with Crippen molar-refractivity contribution >= 4 is 5.78 Å². The first-order chi connectivity index (χ1) is 8.70. The number of carbonyl (C=O) groups is 1. The highest BCUT2D eigenvalue weighted by molar-refractivity contribution is 5.81. The number of rotatable bonds is 5. The SMILES string of the molecule is CCC1CCC(C(=O)CCc2ccnn2C)CC1. The monoisotopic (exact) mass is 248 g/mol. The van der Waals surface area contributed by atoms with Gasteiger partial charge in [0.2, 0.25) is 0 Å². The van der Waals surface area contributed by atoms with Crippen LogP contribution in [0.5, 0.6) is 0 Å². The maximum atomic E-state index is 12.2. The molecule has 3 nitrogen and oxygen atoms in total. The molecular weight excluding hydrogens is 224 g/mol. The van der Waals surface area contributed by atoms with Crippen LogP contribution in [0.25, 0.3) is 0 Å². The van der Waals surface area contributed by atoms with Crippen molar-refractivity contribution in [1.29, 1.82) is 0 Å². The van der Waals surface area contributed by atoms with Gasteiger partial charge in [-0.1, -0.05) is 13.3 Å². The molecule has 18 heavy (non-hydrogen) atoms. The molecule has 1 aliphatic rings. The van der Waals surface area contributed by atoms with Gasteiger partial charge in [0.1, 0.15) is 5.78 Å². The van der Waals surface area contributed by atoms with E-state index < -0.39 is 0 Å². The van der Waals surface area contributed by atoms with Crippen molar-refractivity contribution in [2.75, 3.05) is 0 Å². The summed E-state index contributed by atoms with van der Waals surface area (Å²) in [5.41, 5.74) is 1.16. The van der Waals surface area contributed by atoms with Crippen LogP contribution in [0.3, 0.4) is 0 Å². The van der Waals surface area contributed by atoms with Crippen molar-refractivity contribution in [3.8, 4) is 0 Å². The molecule has 0 bridgehead atoms. The summed E-state index contributed by atoms with van der Waals surface area (Å²) in [5.74, 6) is 1.66. The normalized spacial score (nSPS) is 24.1. The van der Waals surface area contributed by atoms with E-state index in [0.29, 0.717) is 18.1 Å². The molecule has 1 heterocycles. The van der Waals surface area contributed by atoms with E-state index in [1.807, 2.05) is 17.8 Å². The van der Waals surface area contributed by atoms with Crippen LogP contribution in [0.4, 0.5) is 0 Å². The van der Waals surface area contributed by atoms with Gasteiger partial charge in [-0.15, -0.1) is 0 Å². The van der Waals surface area contributed by atoms with Crippen LogP contribution in [0, 0.1) is 11.8 Å². The first-order valence-corrected chi connectivity index (χ1v) is 7.20. The first-order valence-electron chi connectivity index (χ1n) is 7.20. The highest BCUT2D eigenvalue weighted by Crippen LogP contribution is 2.31. The summed E-state index contributed by atoms with van der Waals surface area (Å²) in [6, 6.07) is 2.00. The molecule has 0 aromatic carbocycles. The minimum absolute atomic E-state index is 0.334. The van der Waals surface area contributed by atoms with Gasteiger partial charge in [-0.3, -0.25) is 9.48 Å². The Morgan fingerprint density at radius 2 is 2.11 bits per heavy atom. The Morgan fingerprint density at radius 3 is 2.67 bits per heavy atom. The molecule has 1 saturated carbocycles. The molecule has 0 unspecified atom stereocenters. The molecule has 0 saturated heterocycles. The summed E-state index contributed by atoms with van der Waals surface area (Å²) >= 11 is 0. The molecule has 1 fully saturated rings. The summed E-state index contributed by atoms with van der Waals surface area (Å²) in [7, 11) is 1.94. The highest BCUT2D eigenvalue weighted by atomic mass is 16.1. The van der Waals surface area contributed by atoms with Crippen LogP contribution in [0.15, 0.2) is 12.3 Å². The summed E-state index contributed by atoms with van der Waals surface area (Å²) in [5, 5.41) is 4.13. The molecule has 0 amide bonds. The van der Waals surface area contributed by atoms with Crippen molar-refractivity contribution < 1.29 is 4.79 Å². The van der Waals surface area contributed by atoms with E-state index in [4.69, 9.17) is 0 Å². The number of nitrogens with zero attached hydrogens (tertiary/aromatic N) is 2. The number of Topliss-reactive ketones (excluding diaryl/α,β-unsaturated/α-hetero) is 1. The maximum absolute atomic E-state index is 12.2. The largest absolute Gasteiger partial charge is 0.299 e. The molecule has 0 N–H and O–H groups in total. The topological polar surface area (TPSA) is 34.9 Å². The van der Waals surface area contributed by atoms with E-state index in [1.165, 1.54) is 19.3 Å². The third kappa shape index (κ3) is 3.21. The predicted octanol–water partition coefficient (Wildman–Crippen LogP) is 3.14. The average molecular weight is 248 g/mol. The Hall–Kier alpha value is -1.12. The minimum Gasteiger partial charge on any atom is -0.299 e. The first kappa shape index (κ1) is 13.3. The molecule has 1 aromatic heterocycles. The van der Waals surface area contributed by atoms with Crippen LogP contribution < -0.4 is 0 Å². The van der Waals surface area contributed by atoms with Crippen molar-refractivity contribution in [2.24, 2.45) is 18.9 Å². The number of hydrogen-bond donors (Lipinski definition) is 0. The van der Waals surface area contributed by atoms with Gasteiger partial charge in [0.15, 0.2) is 0 Å². The maximum Gasteiger partial charge on any atom is 0.136 e. The number of aromatic nitrogens is 2. The summed E-state index contributed by atoms with van der Waals surface area (Å²) in [4.78, 5) is 12.2. The predicted molar refractivity (Wildman–Crippen MR) is 72.3 cm³/mol. The second-order valence-corrected chi connectivity index (χ2v) is 5.54. The van der Waals surface area contributed by atoms with Crippen LogP contribution >= 0.6 is 0 Å². The smallest absolute Gasteiger partial charge is 0.136 e. The van der Waals surface area contributed by atoms with Crippen LogP contribution in [-0.2, 0) is 18.3 Å². The third-order valence-corrected chi connectivity index (χ3v) is 4.43. The average Bonchev–Trinajstić information content (AvgIpc) is 2.81. The molecule has 0 spiro atoms. The second kappa shape index (κ2) is 6.17. The lowest BCUT2D eigenvalue weighted by Crippen LogP contribution is -2.22. The second-order valence-electron chi connectivity index (χ2n) is 5.54. The van der Waals surface area contributed by atoms with Crippen molar-refractivity contribution in [1.82, 2.24) is 9.78 Å². The summed E-state index contributed by atoms with van der Waals surface area (Å²) in [6.07, 6.45) is 9.31. The standard InChI is InChI=1S/C15H24N2O/c1-3-12-4-6-13(7-5-12)15(18)9-8-14-10-11-16-17(14)2/h10-13H,3-9H2,1-2H3. The van der Waals surface area contributed by atoms with Crippen LogP contribution in [0.1, 0.15) is 51.1 Å². The lowest BCUT2D eigenvalue weighted by molar-refractivity contribution is -0.124. The highest BCUT2D eigenvalue weighted by Gasteiger charge is 2.25. The fourth-order valence-corrected chi connectivity index (χ4v) is 2.99. The zero-order valence-corrected chi connectivity index (χ0v) is 11.6. The summed E-state index contributed by atoms with van der Waals surface area (Å²) in [6.45, 7) is 2.26. The molecule has 100 valence electrons. The van der Waals surface area contributed by atoms with E-state index in [-0.39, 0.29) is 0 Å². The zero-order chi connectivity index (χ0) is 13.0. The Kier molecular flexibility index (Phi) is 4.56. The zero-order valence-electron chi connectivity index (χ0n) is 11.6. The molecule has 3 heteroatoms. The number of ketones is 1. The van der Waals surface area contributed by atoms with Gasteiger partial charge in [-0.05, 0) is 44.1 Å². The van der Waals surface area contributed by atoms with E-state index in [9.17, 15) is 4.79 Å². The molecule has 0 aliphatic heterocycles. The van der Waals surface area contributed by atoms with Gasteiger partial charge >= 0.3 is 0 Å². The fraction of sp³-hybridized carbons (Fsp3) is 0.733. The van der Waals surface area contributed by atoms with Crippen molar-refractivity contribution in [3.63, 3.8) is 0 Å². The third-order valence-electron chi connectivity index (χ3n) is 4.43. The van der Waals surface area contributed by atoms with Gasteiger partial charge in [0, 0.05) is 31.3 Å². The molecule has 0 atom stereocenters. The minimum atomic E-state index is 0.334. The van der Waals surface area contributed by atoms with E-state index in [0.717, 1.165) is 30.9 Å². The van der Waals surface area contributed by atoms with Crippen molar-refractivity contribution in [2.45, 2.75) is 51.9 Å². The van der Waals surface area contributed by atoms with Gasteiger partial charge in [0.25, 0.3) is 0 Å². The molecular formula is C15H24N2O. The van der Waals surface area contributed by atoms with Gasteiger partial charge in [-0.2, -0.15) is 5.10 Å². The van der Waals surface area contributed by atoms with Gasteiger partial charge < -0.3 is 0 Å². The summed E-state index contributed by atoms with van der Waals surface area (Å²) < 4.78 is 1.86. The lowest BCUT2D eigenvalue weighted by atomic mass is 9.78. The number of hydrogen-bond acceptors (Lipinski definition) is 2. The number of carbonyl (C=O) groups excluding carboxylic acids is 1. The lowest BCUT2D eigenvalue weighted by Gasteiger charge is -2.26. The number of aryl methyl sites for hydroxylation is 2. The fourth-order valence-electron chi connectivity index (χ4n) is 2.99. The Labute approximate surface area is 110 Å². The molecule has 1 aromatic rings. The molecule has 0 radical (unpaired) electrons. The van der Waals surface area contributed by atoms with Gasteiger partial charge in [0.05, 0.1) is 0 Å². The van der Waals surface area contributed by atoms with E-state index in [1.54, 1.807) is 6.20 Å². The van der Waals surface area contributed by atoms with E-state index in [2.05, 4.69) is 12.0 Å². The van der Waals surface area contributed by atoms with Crippen molar-refractivity contribution in [3.05, 3.63) is 18.0 Å². The Morgan fingerprint density at radius 1 is 1.39 bits per heavy atom. The quantitative estimate of drug-likeness (QED) is 0.802. The van der Waals surface area contributed by atoms with Crippen LogP contribution in [-0.4, -0.2) is 15.6 Å².